The molecule has 0 aromatic heterocycles. The SMILES string of the molecule is O=S(=O)(Cc1ccccc1Cl)NCc1ccc(Cl)cc1. The van der Waals surface area contributed by atoms with Crippen LogP contribution in [0.15, 0.2) is 48.5 Å². The van der Waals surface area contributed by atoms with E-state index in [1.807, 2.05) is 0 Å². The second kappa shape index (κ2) is 6.59. The molecule has 20 heavy (non-hydrogen) atoms. The minimum atomic E-state index is -3.43. The summed E-state index contributed by atoms with van der Waals surface area (Å²) in [6, 6.07) is 13.9. The lowest BCUT2D eigenvalue weighted by Crippen LogP contribution is -2.24. The lowest BCUT2D eigenvalue weighted by molar-refractivity contribution is 0.580. The van der Waals surface area contributed by atoms with Crippen molar-refractivity contribution in [3.8, 4) is 0 Å². The highest BCUT2D eigenvalue weighted by molar-refractivity contribution is 7.88. The summed E-state index contributed by atoms with van der Waals surface area (Å²) < 4.78 is 26.5. The third-order valence-electron chi connectivity index (χ3n) is 2.71. The van der Waals surface area contributed by atoms with Gasteiger partial charge in [-0.25, -0.2) is 13.1 Å². The van der Waals surface area contributed by atoms with Gasteiger partial charge in [0, 0.05) is 16.6 Å². The van der Waals surface area contributed by atoms with Crippen molar-refractivity contribution in [3.63, 3.8) is 0 Å². The van der Waals surface area contributed by atoms with Gasteiger partial charge >= 0.3 is 0 Å². The van der Waals surface area contributed by atoms with E-state index in [4.69, 9.17) is 23.2 Å². The molecular formula is C14H13Cl2NO2S. The third kappa shape index (κ3) is 4.49. The van der Waals surface area contributed by atoms with Crippen LogP contribution in [0.3, 0.4) is 0 Å². The average molecular weight is 330 g/mol. The number of benzene rings is 2. The summed E-state index contributed by atoms with van der Waals surface area (Å²) in [6.07, 6.45) is 0. The first-order valence-corrected chi connectivity index (χ1v) is 8.32. The Labute approximate surface area is 128 Å². The monoisotopic (exact) mass is 329 g/mol. The minimum Gasteiger partial charge on any atom is -0.212 e. The predicted molar refractivity (Wildman–Crippen MR) is 82.4 cm³/mol. The molecule has 0 aliphatic rings. The minimum absolute atomic E-state index is 0.139. The highest BCUT2D eigenvalue weighted by atomic mass is 35.5. The summed E-state index contributed by atoms with van der Waals surface area (Å²) in [5.41, 5.74) is 1.43. The van der Waals surface area contributed by atoms with Gasteiger partial charge in [0.1, 0.15) is 0 Å². The van der Waals surface area contributed by atoms with Crippen molar-refractivity contribution >= 4 is 33.2 Å². The molecule has 106 valence electrons. The maximum atomic E-state index is 12.0. The first kappa shape index (κ1) is 15.3. The van der Waals surface area contributed by atoms with Crippen LogP contribution in [0.5, 0.6) is 0 Å². The average Bonchev–Trinajstić information content (AvgIpc) is 2.41. The van der Waals surface area contributed by atoms with Crippen molar-refractivity contribution in [2.75, 3.05) is 0 Å². The number of halogens is 2. The van der Waals surface area contributed by atoms with E-state index in [1.165, 1.54) is 0 Å². The highest BCUT2D eigenvalue weighted by Gasteiger charge is 2.13. The summed E-state index contributed by atoms with van der Waals surface area (Å²) in [5.74, 6) is -0.139. The quantitative estimate of drug-likeness (QED) is 0.910. The summed E-state index contributed by atoms with van der Waals surface area (Å²) in [7, 11) is -3.43. The van der Waals surface area contributed by atoms with Crippen LogP contribution in [0.2, 0.25) is 10.0 Å². The molecule has 2 aromatic rings. The van der Waals surface area contributed by atoms with E-state index in [0.717, 1.165) is 5.56 Å². The van der Waals surface area contributed by atoms with Gasteiger partial charge in [-0.1, -0.05) is 53.5 Å². The molecule has 1 N–H and O–H groups in total. The molecule has 0 atom stereocenters. The van der Waals surface area contributed by atoms with Crippen molar-refractivity contribution in [2.24, 2.45) is 0 Å². The molecule has 0 saturated carbocycles. The summed E-state index contributed by atoms with van der Waals surface area (Å²) in [5, 5.41) is 1.07. The van der Waals surface area contributed by atoms with Crippen LogP contribution in [0.4, 0.5) is 0 Å². The number of sulfonamides is 1. The highest BCUT2D eigenvalue weighted by Crippen LogP contribution is 2.17. The Kier molecular flexibility index (Phi) is 5.05. The molecule has 0 bridgehead atoms. The van der Waals surface area contributed by atoms with Gasteiger partial charge in [0.15, 0.2) is 0 Å². The number of nitrogens with one attached hydrogen (secondary N) is 1. The topological polar surface area (TPSA) is 46.2 Å². The van der Waals surface area contributed by atoms with Gasteiger partial charge in [-0.05, 0) is 29.3 Å². The molecule has 0 aliphatic heterocycles. The Bertz CT molecular complexity index is 685. The van der Waals surface area contributed by atoms with Crippen LogP contribution >= 0.6 is 23.2 Å². The molecule has 0 unspecified atom stereocenters. The largest absolute Gasteiger partial charge is 0.216 e. The molecule has 0 radical (unpaired) electrons. The fourth-order valence-corrected chi connectivity index (χ4v) is 3.22. The third-order valence-corrected chi connectivity index (χ3v) is 4.61. The van der Waals surface area contributed by atoms with E-state index in [-0.39, 0.29) is 12.3 Å². The van der Waals surface area contributed by atoms with E-state index >= 15 is 0 Å². The van der Waals surface area contributed by atoms with Gasteiger partial charge in [-0.2, -0.15) is 0 Å². The standard InChI is InChI=1S/C14H13Cl2NO2S/c15-13-7-5-11(6-8-13)9-17-20(18,19)10-12-3-1-2-4-14(12)16/h1-8,17H,9-10H2. The molecule has 0 fully saturated rings. The van der Waals surface area contributed by atoms with Crippen molar-refractivity contribution < 1.29 is 8.42 Å². The fraction of sp³-hybridized carbons (Fsp3) is 0.143. The molecule has 3 nitrogen and oxygen atoms in total. The van der Waals surface area contributed by atoms with Crippen LogP contribution in [0, 0.1) is 0 Å². The number of hydrogen-bond donors (Lipinski definition) is 1. The van der Waals surface area contributed by atoms with E-state index in [1.54, 1.807) is 48.5 Å². The number of rotatable bonds is 5. The van der Waals surface area contributed by atoms with Gasteiger partial charge in [0.05, 0.1) is 5.75 Å². The molecular weight excluding hydrogens is 317 g/mol. The Morgan fingerprint density at radius 2 is 1.60 bits per heavy atom. The summed E-state index contributed by atoms with van der Waals surface area (Å²) in [4.78, 5) is 0. The summed E-state index contributed by atoms with van der Waals surface area (Å²) >= 11 is 11.7. The fourth-order valence-electron chi connectivity index (χ4n) is 1.67. The van der Waals surface area contributed by atoms with Crippen LogP contribution in [-0.4, -0.2) is 8.42 Å². The lowest BCUT2D eigenvalue weighted by atomic mass is 10.2. The van der Waals surface area contributed by atoms with Crippen LogP contribution in [0.1, 0.15) is 11.1 Å². The lowest BCUT2D eigenvalue weighted by Gasteiger charge is -2.08. The normalized spacial score (nSPS) is 11.5. The molecule has 2 aromatic carbocycles. The second-order valence-corrected chi connectivity index (χ2v) is 6.95. The maximum absolute atomic E-state index is 12.0. The molecule has 0 heterocycles. The van der Waals surface area contributed by atoms with Crippen LogP contribution < -0.4 is 4.72 Å². The van der Waals surface area contributed by atoms with E-state index < -0.39 is 10.0 Å². The maximum Gasteiger partial charge on any atom is 0.216 e. The van der Waals surface area contributed by atoms with Crippen LogP contribution in [0.25, 0.3) is 0 Å². The molecule has 6 heteroatoms. The van der Waals surface area contributed by atoms with Gasteiger partial charge in [0.25, 0.3) is 0 Å². The van der Waals surface area contributed by atoms with Crippen molar-refractivity contribution in [1.82, 2.24) is 4.72 Å². The predicted octanol–water partition coefficient (Wildman–Crippen LogP) is 3.61. The molecule has 0 saturated heterocycles. The molecule has 0 amide bonds. The Balaban J connectivity index is 2.01. The van der Waals surface area contributed by atoms with E-state index in [2.05, 4.69) is 4.72 Å². The van der Waals surface area contributed by atoms with Crippen molar-refractivity contribution in [1.29, 1.82) is 0 Å². The summed E-state index contributed by atoms with van der Waals surface area (Å²) in [6.45, 7) is 0.226. The first-order valence-electron chi connectivity index (χ1n) is 5.91. The van der Waals surface area contributed by atoms with Crippen molar-refractivity contribution in [2.45, 2.75) is 12.3 Å². The van der Waals surface area contributed by atoms with Gasteiger partial charge in [-0.3, -0.25) is 0 Å². The van der Waals surface area contributed by atoms with E-state index in [9.17, 15) is 8.42 Å². The smallest absolute Gasteiger partial charge is 0.212 e. The van der Waals surface area contributed by atoms with Gasteiger partial charge < -0.3 is 0 Å². The number of hydrogen-bond acceptors (Lipinski definition) is 2. The zero-order valence-electron chi connectivity index (χ0n) is 10.5. The van der Waals surface area contributed by atoms with Gasteiger partial charge in [-0.15, -0.1) is 0 Å². The second-order valence-electron chi connectivity index (χ2n) is 4.30. The van der Waals surface area contributed by atoms with Crippen LogP contribution in [-0.2, 0) is 22.3 Å². The molecule has 2 rings (SSSR count). The molecule has 0 spiro atoms. The first-order chi connectivity index (χ1) is 9.46. The Morgan fingerprint density at radius 1 is 0.950 bits per heavy atom. The zero-order valence-corrected chi connectivity index (χ0v) is 12.8. The Morgan fingerprint density at radius 3 is 2.25 bits per heavy atom. The van der Waals surface area contributed by atoms with E-state index in [0.29, 0.717) is 15.6 Å². The molecule has 0 aliphatic carbocycles. The Hall–Kier alpha value is -1.07. The van der Waals surface area contributed by atoms with Crippen molar-refractivity contribution in [3.05, 3.63) is 69.7 Å². The zero-order chi connectivity index (χ0) is 14.6. The van der Waals surface area contributed by atoms with Gasteiger partial charge in [0.2, 0.25) is 10.0 Å².